The minimum absolute atomic E-state index is 0.585. The molecule has 0 saturated carbocycles. The van der Waals surface area contributed by atoms with Gasteiger partial charge in [-0.3, -0.25) is 0 Å². The van der Waals surface area contributed by atoms with E-state index < -0.39 is 0 Å². The number of rotatable bonds is 4. The number of nitrogen functional groups attached to an aromatic ring is 1. The van der Waals surface area contributed by atoms with Crippen LogP contribution in [0.3, 0.4) is 0 Å². The molecule has 2 rings (SSSR count). The zero-order chi connectivity index (χ0) is 14.5. The number of aryl methyl sites for hydroxylation is 1. The van der Waals surface area contributed by atoms with Crippen molar-refractivity contribution in [2.75, 3.05) is 16.9 Å². The summed E-state index contributed by atoms with van der Waals surface area (Å²) in [6.45, 7) is 7.49. The zero-order valence-electron chi connectivity index (χ0n) is 12.9. The zero-order valence-corrected chi connectivity index (χ0v) is 12.9. The fourth-order valence-electron chi connectivity index (χ4n) is 3.01. The fraction of sp³-hybridized carbons (Fsp3) is 0.733. The van der Waals surface area contributed by atoms with Crippen molar-refractivity contribution in [2.45, 2.75) is 65.3 Å². The largest absolute Gasteiger partial charge is 0.353 e. The number of anilines is 2. The van der Waals surface area contributed by atoms with Crippen molar-refractivity contribution in [3.8, 4) is 0 Å². The number of hydrazine groups is 1. The highest BCUT2D eigenvalue weighted by Gasteiger charge is 2.24. The van der Waals surface area contributed by atoms with Crippen LogP contribution in [0.2, 0.25) is 0 Å². The van der Waals surface area contributed by atoms with E-state index in [1.54, 1.807) is 0 Å². The topological polar surface area (TPSA) is 67.1 Å². The normalized spacial score (nSPS) is 19.8. The lowest BCUT2D eigenvalue weighted by atomic mass is 10.1. The first-order valence-corrected chi connectivity index (χ1v) is 7.82. The molecule has 5 heteroatoms. The lowest BCUT2D eigenvalue weighted by Gasteiger charge is -2.32. The van der Waals surface area contributed by atoms with Crippen LogP contribution in [0.15, 0.2) is 0 Å². The van der Waals surface area contributed by atoms with Gasteiger partial charge in [-0.25, -0.2) is 15.8 Å². The molecule has 0 spiro atoms. The highest BCUT2D eigenvalue weighted by atomic mass is 15.3. The van der Waals surface area contributed by atoms with Crippen LogP contribution in [0, 0.1) is 6.92 Å². The summed E-state index contributed by atoms with van der Waals surface area (Å²) < 4.78 is 0. The molecule has 0 amide bonds. The number of hydrogen-bond donors (Lipinski definition) is 2. The minimum Gasteiger partial charge on any atom is -0.353 e. The number of nitrogens with zero attached hydrogens (tertiary/aromatic N) is 3. The Hall–Kier alpha value is -1.36. The predicted molar refractivity (Wildman–Crippen MR) is 83.9 cm³/mol. The second-order valence-electron chi connectivity index (χ2n) is 5.54. The van der Waals surface area contributed by atoms with E-state index >= 15 is 0 Å². The fourth-order valence-corrected chi connectivity index (χ4v) is 3.01. The van der Waals surface area contributed by atoms with Gasteiger partial charge in [0.15, 0.2) is 0 Å². The molecular weight excluding hydrogens is 250 g/mol. The summed E-state index contributed by atoms with van der Waals surface area (Å²) in [5.74, 6) is 8.29. The van der Waals surface area contributed by atoms with E-state index in [9.17, 15) is 0 Å². The molecule has 1 atom stereocenters. The van der Waals surface area contributed by atoms with Crippen molar-refractivity contribution in [1.82, 2.24) is 9.97 Å². The lowest BCUT2D eigenvalue weighted by Crippen LogP contribution is -2.36. The van der Waals surface area contributed by atoms with E-state index in [0.29, 0.717) is 6.04 Å². The number of nitrogens with one attached hydrogen (secondary N) is 1. The summed E-state index contributed by atoms with van der Waals surface area (Å²) >= 11 is 0. The van der Waals surface area contributed by atoms with Crippen molar-refractivity contribution in [3.63, 3.8) is 0 Å². The Labute approximate surface area is 121 Å². The van der Waals surface area contributed by atoms with Gasteiger partial charge < -0.3 is 10.3 Å². The van der Waals surface area contributed by atoms with Gasteiger partial charge >= 0.3 is 0 Å². The van der Waals surface area contributed by atoms with Crippen LogP contribution in [-0.2, 0) is 6.42 Å². The SMILES string of the molecule is CCc1nc(NN)c(C)c(N2CCCCCC2CC)n1. The lowest BCUT2D eigenvalue weighted by molar-refractivity contribution is 0.550. The Kier molecular flexibility index (Phi) is 5.17. The van der Waals surface area contributed by atoms with Gasteiger partial charge in [0.1, 0.15) is 17.5 Å². The molecule has 1 aliphatic heterocycles. The molecule has 2 heterocycles. The van der Waals surface area contributed by atoms with E-state index in [0.717, 1.165) is 42.4 Å². The average Bonchev–Trinajstić information content (AvgIpc) is 2.72. The van der Waals surface area contributed by atoms with Gasteiger partial charge in [0.05, 0.1) is 0 Å². The molecule has 112 valence electrons. The third kappa shape index (κ3) is 3.03. The molecule has 0 bridgehead atoms. The van der Waals surface area contributed by atoms with Gasteiger partial charge in [-0.2, -0.15) is 0 Å². The maximum absolute atomic E-state index is 5.61. The molecule has 3 N–H and O–H groups in total. The molecule has 1 aromatic heterocycles. The Morgan fingerprint density at radius 2 is 2.05 bits per heavy atom. The Morgan fingerprint density at radius 1 is 1.25 bits per heavy atom. The molecule has 1 aliphatic rings. The summed E-state index contributed by atoms with van der Waals surface area (Å²) in [5, 5.41) is 0. The Bertz CT molecular complexity index is 446. The van der Waals surface area contributed by atoms with Gasteiger partial charge in [-0.05, 0) is 26.2 Å². The third-order valence-electron chi connectivity index (χ3n) is 4.24. The molecule has 1 unspecified atom stereocenters. The standard InChI is InChI=1S/C15H27N5/c1-4-12-9-7-6-8-10-20(12)15-11(3)14(19-16)17-13(5-2)18-15/h12H,4-10,16H2,1-3H3,(H,17,18,19). The Balaban J connectivity index is 2.42. The first kappa shape index (κ1) is 15.0. The summed E-state index contributed by atoms with van der Waals surface area (Å²) in [6.07, 6.45) is 7.13. The minimum atomic E-state index is 0.585. The van der Waals surface area contributed by atoms with Gasteiger partial charge in [-0.1, -0.05) is 26.7 Å². The smallest absolute Gasteiger partial charge is 0.148 e. The Morgan fingerprint density at radius 3 is 2.70 bits per heavy atom. The van der Waals surface area contributed by atoms with Gasteiger partial charge in [0.2, 0.25) is 0 Å². The van der Waals surface area contributed by atoms with Crippen LogP contribution in [0.1, 0.15) is 57.3 Å². The quantitative estimate of drug-likeness (QED) is 0.654. The molecule has 1 saturated heterocycles. The van der Waals surface area contributed by atoms with Crippen LogP contribution in [0.25, 0.3) is 0 Å². The molecular formula is C15H27N5. The van der Waals surface area contributed by atoms with Crippen LogP contribution in [-0.4, -0.2) is 22.6 Å². The van der Waals surface area contributed by atoms with E-state index in [4.69, 9.17) is 10.8 Å². The van der Waals surface area contributed by atoms with Gasteiger partial charge in [0.25, 0.3) is 0 Å². The van der Waals surface area contributed by atoms with Crippen molar-refractivity contribution in [1.29, 1.82) is 0 Å². The van der Waals surface area contributed by atoms with Crippen molar-refractivity contribution in [2.24, 2.45) is 5.84 Å². The molecule has 0 aliphatic carbocycles. The number of hydrogen-bond acceptors (Lipinski definition) is 5. The van der Waals surface area contributed by atoms with Crippen LogP contribution in [0.5, 0.6) is 0 Å². The van der Waals surface area contributed by atoms with E-state index in [2.05, 4.69) is 36.1 Å². The van der Waals surface area contributed by atoms with E-state index in [1.807, 2.05) is 0 Å². The van der Waals surface area contributed by atoms with E-state index in [-0.39, 0.29) is 0 Å². The van der Waals surface area contributed by atoms with Crippen molar-refractivity contribution >= 4 is 11.6 Å². The van der Waals surface area contributed by atoms with Crippen LogP contribution < -0.4 is 16.2 Å². The summed E-state index contributed by atoms with van der Waals surface area (Å²) in [7, 11) is 0. The highest BCUT2D eigenvalue weighted by molar-refractivity contribution is 5.58. The number of aromatic nitrogens is 2. The molecule has 5 nitrogen and oxygen atoms in total. The highest BCUT2D eigenvalue weighted by Crippen LogP contribution is 2.29. The molecule has 0 radical (unpaired) electrons. The van der Waals surface area contributed by atoms with Gasteiger partial charge in [-0.15, -0.1) is 0 Å². The van der Waals surface area contributed by atoms with Crippen molar-refractivity contribution in [3.05, 3.63) is 11.4 Å². The second kappa shape index (κ2) is 6.88. The third-order valence-corrected chi connectivity index (χ3v) is 4.24. The van der Waals surface area contributed by atoms with Crippen molar-refractivity contribution < 1.29 is 0 Å². The number of nitrogens with two attached hydrogens (primary N) is 1. The molecule has 20 heavy (non-hydrogen) atoms. The predicted octanol–water partition coefficient (Wildman–Crippen LogP) is 2.79. The summed E-state index contributed by atoms with van der Waals surface area (Å²) in [6, 6.07) is 0.585. The summed E-state index contributed by atoms with van der Waals surface area (Å²) in [4.78, 5) is 11.7. The molecule has 1 aromatic rings. The monoisotopic (exact) mass is 277 g/mol. The molecule has 0 aromatic carbocycles. The van der Waals surface area contributed by atoms with Crippen LogP contribution in [0.4, 0.5) is 11.6 Å². The van der Waals surface area contributed by atoms with E-state index in [1.165, 1.54) is 25.7 Å². The van der Waals surface area contributed by atoms with Crippen LogP contribution >= 0.6 is 0 Å². The van der Waals surface area contributed by atoms with Gasteiger partial charge in [0, 0.05) is 24.6 Å². The maximum atomic E-state index is 5.61. The maximum Gasteiger partial charge on any atom is 0.148 e. The second-order valence-corrected chi connectivity index (χ2v) is 5.54. The average molecular weight is 277 g/mol. The molecule has 1 fully saturated rings. The first-order valence-electron chi connectivity index (χ1n) is 7.82. The summed E-state index contributed by atoms with van der Waals surface area (Å²) in [5.41, 5.74) is 3.78. The first-order chi connectivity index (χ1) is 9.71.